The van der Waals surface area contributed by atoms with Crippen LogP contribution in [-0.2, 0) is 5.41 Å². The van der Waals surface area contributed by atoms with Gasteiger partial charge in [0.1, 0.15) is 0 Å². The molecule has 0 aromatic heterocycles. The van der Waals surface area contributed by atoms with E-state index in [-0.39, 0.29) is 12.0 Å². The van der Waals surface area contributed by atoms with Gasteiger partial charge in [-0.1, -0.05) is 55.8 Å². The van der Waals surface area contributed by atoms with Crippen molar-refractivity contribution in [2.45, 2.75) is 26.2 Å². The van der Waals surface area contributed by atoms with Gasteiger partial charge < -0.3 is 5.11 Å². The summed E-state index contributed by atoms with van der Waals surface area (Å²) in [5.41, 5.74) is 2.29. The van der Waals surface area contributed by atoms with Crippen LogP contribution in [0.5, 0.6) is 0 Å². The highest BCUT2D eigenvalue weighted by Gasteiger charge is 2.19. The average molecular weight is 214 g/mol. The molecule has 2 aromatic carbocycles. The van der Waals surface area contributed by atoms with Crippen molar-refractivity contribution in [3.63, 3.8) is 0 Å². The molecule has 0 atom stereocenters. The topological polar surface area (TPSA) is 20.2 Å². The Balaban J connectivity index is 2.59. The summed E-state index contributed by atoms with van der Waals surface area (Å²) in [7, 11) is 0. The third-order valence-electron chi connectivity index (χ3n) is 3.17. The van der Waals surface area contributed by atoms with Gasteiger partial charge in [0, 0.05) is 5.41 Å². The van der Waals surface area contributed by atoms with Crippen molar-refractivity contribution < 1.29 is 5.11 Å². The molecule has 16 heavy (non-hydrogen) atoms. The number of rotatable bonds is 2. The fraction of sp³-hybridized carbons (Fsp3) is 0.333. The molecule has 84 valence electrons. The second kappa shape index (κ2) is 3.91. The predicted octanol–water partition coefficient (Wildman–Crippen LogP) is 3.42. The highest BCUT2D eigenvalue weighted by molar-refractivity contribution is 5.84. The Kier molecular flexibility index (Phi) is 2.73. The van der Waals surface area contributed by atoms with E-state index < -0.39 is 0 Å². The summed E-state index contributed by atoms with van der Waals surface area (Å²) >= 11 is 0. The number of hydrogen-bond acceptors (Lipinski definition) is 1. The first kappa shape index (κ1) is 11.2. The molecule has 0 bridgehead atoms. The molecule has 0 aliphatic carbocycles. The van der Waals surface area contributed by atoms with Crippen molar-refractivity contribution in [1.29, 1.82) is 0 Å². The molecule has 0 radical (unpaired) electrons. The lowest BCUT2D eigenvalue weighted by Crippen LogP contribution is -2.21. The standard InChI is InChI=1S/C15H18O/c1-11-4-5-12-6-7-14(9-13(12)8-11)15(2,3)10-16/h4-9,16H,10H2,1-3H3. The fourth-order valence-corrected chi connectivity index (χ4v) is 1.88. The molecule has 1 N–H and O–H groups in total. The van der Waals surface area contributed by atoms with Crippen LogP contribution in [0, 0.1) is 6.92 Å². The smallest absolute Gasteiger partial charge is 0.0522 e. The molecule has 0 fully saturated rings. The maximum absolute atomic E-state index is 9.37. The molecule has 0 amide bonds. The van der Waals surface area contributed by atoms with E-state index in [9.17, 15) is 5.11 Å². The van der Waals surface area contributed by atoms with Crippen molar-refractivity contribution in [3.05, 3.63) is 47.5 Å². The first-order valence-corrected chi connectivity index (χ1v) is 5.65. The summed E-state index contributed by atoms with van der Waals surface area (Å²) in [6.45, 7) is 6.39. The Morgan fingerprint density at radius 1 is 1.00 bits per heavy atom. The average Bonchev–Trinajstić information content (AvgIpc) is 2.28. The van der Waals surface area contributed by atoms with Gasteiger partial charge in [-0.15, -0.1) is 0 Å². The highest BCUT2D eigenvalue weighted by atomic mass is 16.3. The monoisotopic (exact) mass is 214 g/mol. The quantitative estimate of drug-likeness (QED) is 0.812. The van der Waals surface area contributed by atoms with Crippen LogP contribution in [0.3, 0.4) is 0 Å². The van der Waals surface area contributed by atoms with E-state index in [1.54, 1.807) is 0 Å². The van der Waals surface area contributed by atoms with Crippen LogP contribution in [0.15, 0.2) is 36.4 Å². The zero-order valence-electron chi connectivity index (χ0n) is 10.1. The molecule has 1 heteroatoms. The Morgan fingerprint density at radius 2 is 1.69 bits per heavy atom. The predicted molar refractivity (Wildman–Crippen MR) is 68.8 cm³/mol. The molecule has 2 rings (SSSR count). The molecule has 2 aromatic rings. The SMILES string of the molecule is Cc1ccc2ccc(C(C)(C)CO)cc2c1. The molecular weight excluding hydrogens is 196 g/mol. The van der Waals surface area contributed by atoms with Gasteiger partial charge in [-0.25, -0.2) is 0 Å². The van der Waals surface area contributed by atoms with Crippen molar-refractivity contribution in [1.82, 2.24) is 0 Å². The van der Waals surface area contributed by atoms with Crippen molar-refractivity contribution in [3.8, 4) is 0 Å². The second-order valence-corrected chi connectivity index (χ2v) is 5.11. The molecule has 0 saturated heterocycles. The van der Waals surface area contributed by atoms with Crippen LogP contribution in [-0.4, -0.2) is 11.7 Å². The van der Waals surface area contributed by atoms with Crippen LogP contribution in [0.2, 0.25) is 0 Å². The Bertz CT molecular complexity index is 512. The number of benzene rings is 2. The third kappa shape index (κ3) is 1.96. The maximum atomic E-state index is 9.37. The first-order valence-electron chi connectivity index (χ1n) is 5.65. The highest BCUT2D eigenvalue weighted by Crippen LogP contribution is 2.26. The van der Waals surface area contributed by atoms with Crippen LogP contribution >= 0.6 is 0 Å². The number of aliphatic hydroxyl groups is 1. The minimum Gasteiger partial charge on any atom is -0.395 e. The maximum Gasteiger partial charge on any atom is 0.0522 e. The van der Waals surface area contributed by atoms with Gasteiger partial charge >= 0.3 is 0 Å². The molecule has 0 heterocycles. The number of hydrogen-bond donors (Lipinski definition) is 1. The van der Waals surface area contributed by atoms with E-state index in [4.69, 9.17) is 0 Å². The largest absolute Gasteiger partial charge is 0.395 e. The van der Waals surface area contributed by atoms with Crippen LogP contribution in [0.1, 0.15) is 25.0 Å². The summed E-state index contributed by atoms with van der Waals surface area (Å²) in [5, 5.41) is 11.9. The van der Waals surface area contributed by atoms with Gasteiger partial charge in [0.05, 0.1) is 6.61 Å². The Labute approximate surface area is 96.7 Å². The van der Waals surface area contributed by atoms with Gasteiger partial charge in [0.25, 0.3) is 0 Å². The minimum absolute atomic E-state index is 0.169. The summed E-state index contributed by atoms with van der Waals surface area (Å²) in [4.78, 5) is 0. The van der Waals surface area contributed by atoms with Crippen LogP contribution in [0.4, 0.5) is 0 Å². The zero-order chi connectivity index (χ0) is 11.8. The number of aliphatic hydroxyl groups excluding tert-OH is 1. The van der Waals surface area contributed by atoms with E-state index in [0.29, 0.717) is 0 Å². The van der Waals surface area contributed by atoms with Gasteiger partial charge in [0.2, 0.25) is 0 Å². The zero-order valence-corrected chi connectivity index (χ0v) is 10.1. The molecular formula is C15H18O. The third-order valence-corrected chi connectivity index (χ3v) is 3.17. The lowest BCUT2D eigenvalue weighted by atomic mass is 9.84. The normalized spacial score (nSPS) is 12.0. The van der Waals surface area contributed by atoms with Crippen LogP contribution in [0.25, 0.3) is 10.8 Å². The minimum atomic E-state index is -0.169. The van der Waals surface area contributed by atoms with Crippen molar-refractivity contribution in [2.75, 3.05) is 6.61 Å². The molecule has 0 saturated carbocycles. The Hall–Kier alpha value is -1.34. The van der Waals surface area contributed by atoms with Gasteiger partial charge in [-0.3, -0.25) is 0 Å². The van der Waals surface area contributed by atoms with E-state index >= 15 is 0 Å². The van der Waals surface area contributed by atoms with Crippen LogP contribution < -0.4 is 0 Å². The summed E-state index contributed by atoms with van der Waals surface area (Å²) in [5.74, 6) is 0. The lowest BCUT2D eigenvalue weighted by molar-refractivity contribution is 0.218. The number of fused-ring (bicyclic) bond motifs is 1. The second-order valence-electron chi connectivity index (χ2n) is 5.11. The first-order chi connectivity index (χ1) is 7.53. The summed E-state index contributed by atoms with van der Waals surface area (Å²) in [6.07, 6.45) is 0. The summed E-state index contributed by atoms with van der Waals surface area (Å²) in [6, 6.07) is 12.9. The molecule has 0 aliphatic rings. The summed E-state index contributed by atoms with van der Waals surface area (Å²) < 4.78 is 0. The van der Waals surface area contributed by atoms with Gasteiger partial charge in [-0.2, -0.15) is 0 Å². The molecule has 0 unspecified atom stereocenters. The van der Waals surface area contributed by atoms with E-state index in [0.717, 1.165) is 0 Å². The van der Waals surface area contributed by atoms with Crippen molar-refractivity contribution >= 4 is 10.8 Å². The lowest BCUT2D eigenvalue weighted by Gasteiger charge is -2.22. The van der Waals surface area contributed by atoms with Gasteiger partial charge in [-0.05, 0) is 23.3 Å². The van der Waals surface area contributed by atoms with Gasteiger partial charge in [0.15, 0.2) is 0 Å². The molecule has 0 aliphatic heterocycles. The van der Waals surface area contributed by atoms with E-state index in [1.165, 1.54) is 21.9 Å². The van der Waals surface area contributed by atoms with E-state index in [2.05, 4.69) is 57.2 Å². The fourth-order valence-electron chi connectivity index (χ4n) is 1.88. The molecule has 1 nitrogen and oxygen atoms in total. The Morgan fingerprint density at radius 3 is 2.38 bits per heavy atom. The van der Waals surface area contributed by atoms with E-state index in [1.807, 2.05) is 0 Å². The van der Waals surface area contributed by atoms with Crippen molar-refractivity contribution in [2.24, 2.45) is 0 Å². The molecule has 0 spiro atoms. The number of aryl methyl sites for hydroxylation is 1.